The van der Waals surface area contributed by atoms with Crippen molar-refractivity contribution in [3.63, 3.8) is 0 Å². The van der Waals surface area contributed by atoms with Gasteiger partial charge in [0.1, 0.15) is 0 Å². The molecule has 0 aromatic heterocycles. The number of benzene rings is 1. The standard InChI is InChI=1S/C14H16N2O2/c1-2-6-13(17)16-11-14(18)15-10-9-12-7-4-3-5-8-12/h3-5,7-8H,9-11H2,1H3,(H,15,18)(H,16,17). The third-order valence-corrected chi connectivity index (χ3v) is 2.23. The second-order valence-corrected chi connectivity index (χ2v) is 3.64. The van der Waals surface area contributed by atoms with E-state index in [1.54, 1.807) is 6.92 Å². The first-order valence-corrected chi connectivity index (χ1v) is 5.73. The van der Waals surface area contributed by atoms with Crippen LogP contribution in [-0.2, 0) is 16.0 Å². The van der Waals surface area contributed by atoms with Crippen molar-refractivity contribution >= 4 is 11.8 Å². The Balaban J connectivity index is 2.17. The molecule has 0 saturated heterocycles. The molecular formula is C14H16N2O2. The molecule has 1 rings (SSSR count). The van der Waals surface area contributed by atoms with Crippen molar-refractivity contribution in [1.29, 1.82) is 0 Å². The highest BCUT2D eigenvalue weighted by Gasteiger charge is 2.02. The van der Waals surface area contributed by atoms with Gasteiger partial charge in [-0.3, -0.25) is 9.59 Å². The average Bonchev–Trinajstić information content (AvgIpc) is 2.38. The molecule has 0 atom stereocenters. The number of hydrogen-bond acceptors (Lipinski definition) is 2. The molecule has 0 heterocycles. The van der Waals surface area contributed by atoms with Crippen molar-refractivity contribution in [3.05, 3.63) is 35.9 Å². The summed E-state index contributed by atoms with van der Waals surface area (Å²) in [7, 11) is 0. The van der Waals surface area contributed by atoms with Gasteiger partial charge in [0, 0.05) is 6.54 Å². The lowest BCUT2D eigenvalue weighted by Gasteiger charge is -2.05. The molecule has 0 aliphatic heterocycles. The molecule has 0 unspecified atom stereocenters. The van der Waals surface area contributed by atoms with Crippen LogP contribution in [0.4, 0.5) is 0 Å². The summed E-state index contributed by atoms with van der Waals surface area (Å²) in [6.07, 6.45) is 0.773. The monoisotopic (exact) mass is 244 g/mol. The van der Waals surface area contributed by atoms with Crippen LogP contribution in [0.15, 0.2) is 30.3 Å². The smallest absolute Gasteiger partial charge is 0.296 e. The lowest BCUT2D eigenvalue weighted by atomic mass is 10.1. The maximum absolute atomic E-state index is 11.4. The van der Waals surface area contributed by atoms with Crippen molar-refractivity contribution in [2.45, 2.75) is 13.3 Å². The third kappa shape index (κ3) is 5.71. The maximum atomic E-state index is 11.4. The molecule has 2 N–H and O–H groups in total. The Labute approximate surface area is 107 Å². The van der Waals surface area contributed by atoms with Crippen LogP contribution in [0, 0.1) is 11.8 Å². The summed E-state index contributed by atoms with van der Waals surface area (Å²) in [5, 5.41) is 5.13. The topological polar surface area (TPSA) is 58.2 Å². The quantitative estimate of drug-likeness (QED) is 0.740. The number of carbonyl (C=O) groups excluding carboxylic acids is 2. The molecule has 0 saturated carbocycles. The zero-order valence-electron chi connectivity index (χ0n) is 10.3. The van der Waals surface area contributed by atoms with E-state index in [1.165, 1.54) is 5.56 Å². The summed E-state index contributed by atoms with van der Waals surface area (Å²) in [4.78, 5) is 22.3. The van der Waals surface area contributed by atoms with Crippen molar-refractivity contribution in [3.8, 4) is 11.8 Å². The predicted molar refractivity (Wildman–Crippen MR) is 69.6 cm³/mol. The maximum Gasteiger partial charge on any atom is 0.296 e. The number of hydrogen-bond donors (Lipinski definition) is 2. The number of rotatable bonds is 5. The van der Waals surface area contributed by atoms with Crippen LogP contribution in [0.2, 0.25) is 0 Å². The van der Waals surface area contributed by atoms with Crippen molar-refractivity contribution < 1.29 is 9.59 Å². The lowest BCUT2D eigenvalue weighted by molar-refractivity contribution is -0.123. The molecule has 1 aromatic carbocycles. The van der Waals surface area contributed by atoms with Crippen LogP contribution in [-0.4, -0.2) is 24.9 Å². The van der Waals surface area contributed by atoms with Crippen LogP contribution < -0.4 is 10.6 Å². The van der Waals surface area contributed by atoms with Crippen LogP contribution >= 0.6 is 0 Å². The van der Waals surface area contributed by atoms with E-state index < -0.39 is 5.91 Å². The van der Waals surface area contributed by atoms with Gasteiger partial charge in [0.05, 0.1) is 6.54 Å². The summed E-state index contributed by atoms with van der Waals surface area (Å²) in [5.74, 6) is 4.12. The minimum absolute atomic E-state index is 0.0394. The van der Waals surface area contributed by atoms with Gasteiger partial charge in [-0.15, -0.1) is 0 Å². The van der Waals surface area contributed by atoms with E-state index in [0.717, 1.165) is 6.42 Å². The predicted octanol–water partition coefficient (Wildman–Crippen LogP) is 0.485. The van der Waals surface area contributed by atoms with Crippen molar-refractivity contribution in [1.82, 2.24) is 10.6 Å². The first-order chi connectivity index (χ1) is 8.72. The highest BCUT2D eigenvalue weighted by molar-refractivity contribution is 5.95. The number of carbonyl (C=O) groups is 2. The van der Waals surface area contributed by atoms with E-state index in [0.29, 0.717) is 6.54 Å². The Hall–Kier alpha value is -2.28. The molecule has 0 bridgehead atoms. The second-order valence-electron chi connectivity index (χ2n) is 3.64. The van der Waals surface area contributed by atoms with Crippen molar-refractivity contribution in [2.75, 3.05) is 13.1 Å². The van der Waals surface area contributed by atoms with Gasteiger partial charge in [-0.25, -0.2) is 0 Å². The zero-order chi connectivity index (χ0) is 13.2. The Kier molecular flexibility index (Phi) is 6.05. The van der Waals surface area contributed by atoms with Gasteiger partial charge in [-0.2, -0.15) is 0 Å². The van der Waals surface area contributed by atoms with E-state index in [-0.39, 0.29) is 12.5 Å². The third-order valence-electron chi connectivity index (χ3n) is 2.23. The summed E-state index contributed by atoms with van der Waals surface area (Å²) >= 11 is 0. The van der Waals surface area contributed by atoms with Gasteiger partial charge in [-0.05, 0) is 24.8 Å². The van der Waals surface area contributed by atoms with Crippen LogP contribution in [0.5, 0.6) is 0 Å². The van der Waals surface area contributed by atoms with Crippen LogP contribution in [0.25, 0.3) is 0 Å². The molecule has 4 nitrogen and oxygen atoms in total. The van der Waals surface area contributed by atoms with E-state index in [9.17, 15) is 9.59 Å². The Morgan fingerprint density at radius 3 is 2.56 bits per heavy atom. The fourth-order valence-electron chi connectivity index (χ4n) is 1.37. The van der Waals surface area contributed by atoms with Gasteiger partial charge < -0.3 is 10.6 Å². The minimum Gasteiger partial charge on any atom is -0.354 e. The van der Waals surface area contributed by atoms with Gasteiger partial charge in [0.25, 0.3) is 5.91 Å². The van der Waals surface area contributed by atoms with E-state index in [4.69, 9.17) is 0 Å². The number of nitrogens with one attached hydrogen (secondary N) is 2. The van der Waals surface area contributed by atoms with Gasteiger partial charge >= 0.3 is 0 Å². The SMILES string of the molecule is CC#CC(=O)NCC(=O)NCCc1ccccc1. The van der Waals surface area contributed by atoms with Gasteiger partial charge in [0.15, 0.2) is 0 Å². The summed E-state index contributed by atoms with van der Waals surface area (Å²) in [6, 6.07) is 9.88. The minimum atomic E-state index is -0.435. The van der Waals surface area contributed by atoms with E-state index >= 15 is 0 Å². The molecule has 0 spiro atoms. The molecule has 0 fully saturated rings. The molecular weight excluding hydrogens is 228 g/mol. The molecule has 1 aromatic rings. The van der Waals surface area contributed by atoms with Gasteiger partial charge in [-0.1, -0.05) is 36.3 Å². The average molecular weight is 244 g/mol. The summed E-state index contributed by atoms with van der Waals surface area (Å²) in [5.41, 5.74) is 1.17. The Morgan fingerprint density at radius 1 is 1.17 bits per heavy atom. The first-order valence-electron chi connectivity index (χ1n) is 5.73. The highest BCUT2D eigenvalue weighted by Crippen LogP contribution is 1.97. The number of amides is 2. The first kappa shape index (κ1) is 13.8. The molecule has 0 aliphatic carbocycles. The van der Waals surface area contributed by atoms with Crippen molar-refractivity contribution in [2.24, 2.45) is 0 Å². The van der Waals surface area contributed by atoms with Crippen LogP contribution in [0.1, 0.15) is 12.5 Å². The van der Waals surface area contributed by atoms with Gasteiger partial charge in [0.2, 0.25) is 5.91 Å². The molecule has 0 aliphatic rings. The van der Waals surface area contributed by atoms with E-state index in [1.807, 2.05) is 30.3 Å². The molecule has 4 heteroatoms. The lowest BCUT2D eigenvalue weighted by Crippen LogP contribution is -2.37. The summed E-state index contributed by atoms with van der Waals surface area (Å²) in [6.45, 7) is 2.08. The Morgan fingerprint density at radius 2 is 1.89 bits per heavy atom. The van der Waals surface area contributed by atoms with E-state index in [2.05, 4.69) is 22.5 Å². The molecule has 0 radical (unpaired) electrons. The normalized spacial score (nSPS) is 8.94. The fraction of sp³-hybridized carbons (Fsp3) is 0.286. The molecule has 2 amide bonds. The largest absolute Gasteiger partial charge is 0.354 e. The molecule has 94 valence electrons. The summed E-state index contributed by atoms with van der Waals surface area (Å²) < 4.78 is 0. The Bertz CT molecular complexity index is 458. The zero-order valence-corrected chi connectivity index (χ0v) is 10.3. The van der Waals surface area contributed by atoms with Crippen LogP contribution in [0.3, 0.4) is 0 Å². The molecule has 18 heavy (non-hydrogen) atoms. The second kappa shape index (κ2) is 7.91. The fourth-order valence-corrected chi connectivity index (χ4v) is 1.37. The highest BCUT2D eigenvalue weighted by atomic mass is 16.2.